The van der Waals surface area contributed by atoms with Crippen LogP contribution in [0.5, 0.6) is 0 Å². The summed E-state index contributed by atoms with van der Waals surface area (Å²) in [6, 6.07) is 8.61. The molecule has 2 aliphatic heterocycles. The van der Waals surface area contributed by atoms with E-state index in [4.69, 9.17) is 4.74 Å². The van der Waals surface area contributed by atoms with E-state index >= 15 is 0 Å². The van der Waals surface area contributed by atoms with E-state index in [0.717, 1.165) is 75.3 Å². The fourth-order valence-corrected chi connectivity index (χ4v) is 4.17. The molecule has 0 unspecified atom stereocenters. The molecule has 2 N–H and O–H groups in total. The molecule has 1 amide bonds. The van der Waals surface area contributed by atoms with Crippen molar-refractivity contribution in [2.75, 3.05) is 32.8 Å². The second-order valence-electron chi connectivity index (χ2n) is 7.42. The van der Waals surface area contributed by atoms with Gasteiger partial charge in [0.25, 0.3) is 0 Å². The minimum Gasteiger partial charge on any atom is -0.381 e. The first-order valence-electron chi connectivity index (χ1n) is 9.83. The fraction of sp³-hybridized carbons (Fsp3) is 0.600. The highest BCUT2D eigenvalue weighted by molar-refractivity contribution is 5.79. The molecule has 1 aromatic carbocycles. The van der Waals surface area contributed by atoms with Gasteiger partial charge >= 0.3 is 0 Å². The molecular formula is C20H28N4O2. The molecule has 3 heterocycles. The summed E-state index contributed by atoms with van der Waals surface area (Å²) in [4.78, 5) is 23.0. The van der Waals surface area contributed by atoms with Crippen LogP contribution < -0.4 is 5.32 Å². The average molecular weight is 356 g/mol. The quantitative estimate of drug-likeness (QED) is 0.861. The largest absolute Gasteiger partial charge is 0.381 e. The number of nitrogens with one attached hydrogen (secondary N) is 2. The van der Waals surface area contributed by atoms with Crippen molar-refractivity contribution in [3.05, 3.63) is 30.1 Å². The van der Waals surface area contributed by atoms with E-state index in [9.17, 15) is 4.79 Å². The zero-order chi connectivity index (χ0) is 17.8. The summed E-state index contributed by atoms with van der Waals surface area (Å²) in [6.45, 7) is 4.35. The maximum Gasteiger partial charge on any atom is 0.224 e. The van der Waals surface area contributed by atoms with Crippen LogP contribution >= 0.6 is 0 Å². The number of fused-ring (bicyclic) bond motifs is 1. The number of piperidine rings is 1. The number of carbonyl (C=O) groups excluding carboxylic acids is 1. The van der Waals surface area contributed by atoms with Gasteiger partial charge in [-0.15, -0.1) is 0 Å². The standard InChI is InChI=1S/C20H28N4O2/c25-20(15-4-3-11-24(14-15)16-8-12-26-13-9-16)21-10-7-19-22-17-5-1-2-6-18(17)23-19/h1-2,5-6,15-16H,3-4,7-14H2,(H,21,25)(H,22,23)/t15-/m0/s1. The summed E-state index contributed by atoms with van der Waals surface area (Å²) >= 11 is 0. The Balaban J connectivity index is 1.26. The van der Waals surface area contributed by atoms with Crippen LogP contribution in [0.4, 0.5) is 0 Å². The second kappa shape index (κ2) is 8.18. The number of amides is 1. The number of likely N-dealkylation sites (tertiary alicyclic amines) is 1. The third kappa shape index (κ3) is 4.07. The van der Waals surface area contributed by atoms with Gasteiger partial charge in [0.1, 0.15) is 5.82 Å². The van der Waals surface area contributed by atoms with Gasteiger partial charge in [-0.3, -0.25) is 9.69 Å². The Kier molecular flexibility index (Phi) is 5.51. The number of para-hydroxylation sites is 2. The Morgan fingerprint density at radius 3 is 2.96 bits per heavy atom. The zero-order valence-corrected chi connectivity index (χ0v) is 15.2. The lowest BCUT2D eigenvalue weighted by molar-refractivity contribution is -0.127. The van der Waals surface area contributed by atoms with E-state index < -0.39 is 0 Å². The SMILES string of the molecule is O=C(NCCc1nc2ccccc2[nH]1)[C@H]1CCCN(C2CCOCC2)C1. The third-order valence-electron chi connectivity index (χ3n) is 5.63. The van der Waals surface area contributed by atoms with Gasteiger partial charge in [-0.25, -0.2) is 4.98 Å². The molecule has 140 valence electrons. The molecule has 0 saturated carbocycles. The first-order valence-corrected chi connectivity index (χ1v) is 9.83. The Hall–Kier alpha value is -1.92. The van der Waals surface area contributed by atoms with Gasteiger partial charge in [-0.1, -0.05) is 12.1 Å². The molecule has 2 fully saturated rings. The van der Waals surface area contributed by atoms with Crippen LogP contribution in [0.2, 0.25) is 0 Å². The predicted molar refractivity (Wildman–Crippen MR) is 101 cm³/mol. The van der Waals surface area contributed by atoms with Crippen LogP contribution in [0, 0.1) is 5.92 Å². The highest BCUT2D eigenvalue weighted by Gasteiger charge is 2.30. The second-order valence-corrected chi connectivity index (χ2v) is 7.42. The molecule has 6 heteroatoms. The highest BCUT2D eigenvalue weighted by Crippen LogP contribution is 2.23. The van der Waals surface area contributed by atoms with E-state index in [1.807, 2.05) is 24.3 Å². The van der Waals surface area contributed by atoms with E-state index in [0.29, 0.717) is 12.6 Å². The molecule has 0 aliphatic carbocycles. The van der Waals surface area contributed by atoms with Crippen LogP contribution in [0.1, 0.15) is 31.5 Å². The van der Waals surface area contributed by atoms with Gasteiger partial charge in [0.05, 0.1) is 17.0 Å². The van der Waals surface area contributed by atoms with Crippen molar-refractivity contribution in [3.63, 3.8) is 0 Å². The summed E-state index contributed by atoms with van der Waals surface area (Å²) in [5, 5.41) is 3.12. The molecule has 2 aromatic rings. The minimum absolute atomic E-state index is 0.113. The number of ether oxygens (including phenoxy) is 1. The normalized spacial score (nSPS) is 22.5. The van der Waals surface area contributed by atoms with Gasteiger partial charge < -0.3 is 15.0 Å². The fourth-order valence-electron chi connectivity index (χ4n) is 4.17. The van der Waals surface area contributed by atoms with Crippen molar-refractivity contribution >= 4 is 16.9 Å². The van der Waals surface area contributed by atoms with Crippen molar-refractivity contribution in [2.45, 2.75) is 38.1 Å². The number of hydrogen-bond acceptors (Lipinski definition) is 4. The van der Waals surface area contributed by atoms with Crippen molar-refractivity contribution in [1.82, 2.24) is 20.2 Å². The first kappa shape index (κ1) is 17.5. The summed E-state index contributed by atoms with van der Waals surface area (Å²) in [7, 11) is 0. The van der Waals surface area contributed by atoms with Gasteiger partial charge in [-0.05, 0) is 44.4 Å². The molecule has 2 aliphatic rings. The molecule has 4 rings (SSSR count). The molecular weight excluding hydrogens is 328 g/mol. The van der Waals surface area contributed by atoms with Crippen LogP contribution in [0.15, 0.2) is 24.3 Å². The number of H-pyrrole nitrogens is 1. The Morgan fingerprint density at radius 2 is 2.12 bits per heavy atom. The molecule has 1 atom stereocenters. The van der Waals surface area contributed by atoms with Gasteiger partial charge in [0, 0.05) is 38.8 Å². The zero-order valence-electron chi connectivity index (χ0n) is 15.2. The van der Waals surface area contributed by atoms with Crippen LogP contribution in [0.25, 0.3) is 11.0 Å². The van der Waals surface area contributed by atoms with Gasteiger partial charge in [0.2, 0.25) is 5.91 Å². The Morgan fingerprint density at radius 1 is 1.27 bits per heavy atom. The lowest BCUT2D eigenvalue weighted by Gasteiger charge is -2.39. The van der Waals surface area contributed by atoms with Gasteiger partial charge in [0.15, 0.2) is 0 Å². The predicted octanol–water partition coefficient (Wildman–Crippen LogP) is 2.11. The molecule has 0 bridgehead atoms. The van der Waals surface area contributed by atoms with Crippen molar-refractivity contribution < 1.29 is 9.53 Å². The summed E-state index contributed by atoms with van der Waals surface area (Å²) < 4.78 is 5.47. The van der Waals surface area contributed by atoms with Crippen LogP contribution in [-0.4, -0.2) is 59.7 Å². The Labute approximate surface area is 154 Å². The van der Waals surface area contributed by atoms with Crippen LogP contribution in [0.3, 0.4) is 0 Å². The number of aromatic amines is 1. The number of carbonyl (C=O) groups is 1. The summed E-state index contributed by atoms with van der Waals surface area (Å²) in [5.41, 5.74) is 2.03. The lowest BCUT2D eigenvalue weighted by Crippen LogP contribution is -2.48. The third-order valence-corrected chi connectivity index (χ3v) is 5.63. The average Bonchev–Trinajstić information content (AvgIpc) is 3.11. The maximum atomic E-state index is 12.6. The van der Waals surface area contributed by atoms with Crippen molar-refractivity contribution in [3.8, 4) is 0 Å². The van der Waals surface area contributed by atoms with Gasteiger partial charge in [-0.2, -0.15) is 0 Å². The number of nitrogens with zero attached hydrogens (tertiary/aromatic N) is 2. The molecule has 2 saturated heterocycles. The summed E-state index contributed by atoms with van der Waals surface area (Å²) in [5.74, 6) is 1.24. The maximum absolute atomic E-state index is 12.6. The molecule has 0 spiro atoms. The van der Waals surface area contributed by atoms with E-state index in [1.165, 1.54) is 0 Å². The first-order chi connectivity index (χ1) is 12.8. The monoisotopic (exact) mass is 356 g/mol. The van der Waals surface area contributed by atoms with Crippen LogP contribution in [-0.2, 0) is 16.0 Å². The van der Waals surface area contributed by atoms with Crippen molar-refractivity contribution in [2.24, 2.45) is 5.92 Å². The number of imidazole rings is 1. The van der Waals surface area contributed by atoms with E-state index in [2.05, 4.69) is 20.2 Å². The minimum atomic E-state index is 0.113. The number of rotatable bonds is 5. The lowest BCUT2D eigenvalue weighted by atomic mass is 9.94. The number of benzene rings is 1. The molecule has 26 heavy (non-hydrogen) atoms. The number of aromatic nitrogens is 2. The molecule has 1 aromatic heterocycles. The molecule has 6 nitrogen and oxygen atoms in total. The van der Waals surface area contributed by atoms with Crippen molar-refractivity contribution in [1.29, 1.82) is 0 Å². The topological polar surface area (TPSA) is 70.2 Å². The van der Waals surface area contributed by atoms with E-state index in [1.54, 1.807) is 0 Å². The molecule has 0 radical (unpaired) electrons. The number of hydrogen-bond donors (Lipinski definition) is 2. The van der Waals surface area contributed by atoms with E-state index in [-0.39, 0.29) is 11.8 Å². The summed E-state index contributed by atoms with van der Waals surface area (Å²) in [6.07, 6.45) is 5.03. The smallest absolute Gasteiger partial charge is 0.224 e. The Bertz CT molecular complexity index is 705. The highest BCUT2D eigenvalue weighted by atomic mass is 16.5.